The van der Waals surface area contributed by atoms with Crippen LogP contribution in [-0.2, 0) is 0 Å². The largest absolute Gasteiger partial charge is 0.391 e. The van der Waals surface area contributed by atoms with Crippen LogP contribution >= 0.6 is 0 Å². The van der Waals surface area contributed by atoms with Crippen LogP contribution in [0.3, 0.4) is 0 Å². The molecular weight excluding hydrogens is 241 g/mol. The highest BCUT2D eigenvalue weighted by Gasteiger charge is 2.40. The molecule has 18 heavy (non-hydrogen) atoms. The van der Waals surface area contributed by atoms with Crippen LogP contribution < -0.4 is 5.32 Å². The predicted octanol–water partition coefficient (Wildman–Crippen LogP) is 3.04. The van der Waals surface area contributed by atoms with Gasteiger partial charge >= 0.3 is 6.18 Å². The number of piperidine rings is 1. The van der Waals surface area contributed by atoms with Crippen molar-refractivity contribution in [2.45, 2.75) is 45.2 Å². The van der Waals surface area contributed by atoms with Gasteiger partial charge in [-0.3, -0.25) is 0 Å². The quantitative estimate of drug-likeness (QED) is 0.713. The van der Waals surface area contributed by atoms with Crippen molar-refractivity contribution in [1.82, 2.24) is 10.2 Å². The van der Waals surface area contributed by atoms with Crippen LogP contribution in [0, 0.1) is 5.92 Å². The van der Waals surface area contributed by atoms with Gasteiger partial charge in [0.05, 0.1) is 5.92 Å². The molecule has 0 unspecified atom stereocenters. The van der Waals surface area contributed by atoms with Gasteiger partial charge in [-0.15, -0.1) is 0 Å². The molecule has 0 bridgehead atoms. The molecule has 5 heteroatoms. The van der Waals surface area contributed by atoms with Crippen LogP contribution in [0.25, 0.3) is 0 Å². The van der Waals surface area contributed by atoms with Gasteiger partial charge in [0.1, 0.15) is 0 Å². The third-order valence-corrected chi connectivity index (χ3v) is 3.63. The lowest BCUT2D eigenvalue weighted by Crippen LogP contribution is -2.39. The smallest absolute Gasteiger partial charge is 0.317 e. The monoisotopic (exact) mass is 266 g/mol. The maximum Gasteiger partial charge on any atom is 0.391 e. The highest BCUT2D eigenvalue weighted by molar-refractivity contribution is 4.76. The van der Waals surface area contributed by atoms with Crippen LogP contribution in [0.2, 0.25) is 0 Å². The van der Waals surface area contributed by atoms with Gasteiger partial charge in [0.15, 0.2) is 0 Å². The number of rotatable bonds is 7. The van der Waals surface area contributed by atoms with Crippen LogP contribution in [0.5, 0.6) is 0 Å². The maximum absolute atomic E-state index is 12.5. The topological polar surface area (TPSA) is 15.3 Å². The van der Waals surface area contributed by atoms with Crippen molar-refractivity contribution in [1.29, 1.82) is 0 Å². The molecule has 1 saturated heterocycles. The molecule has 1 heterocycles. The second kappa shape index (κ2) is 8.00. The van der Waals surface area contributed by atoms with E-state index >= 15 is 0 Å². The molecular formula is C13H25F3N2. The lowest BCUT2D eigenvalue weighted by molar-refractivity contribution is -0.185. The van der Waals surface area contributed by atoms with Gasteiger partial charge in [0, 0.05) is 0 Å². The molecule has 1 rings (SSSR count). The van der Waals surface area contributed by atoms with Crippen molar-refractivity contribution in [2.75, 3.05) is 32.7 Å². The summed E-state index contributed by atoms with van der Waals surface area (Å²) < 4.78 is 37.4. The Hall–Kier alpha value is -0.290. The Morgan fingerprint density at radius 2 is 1.78 bits per heavy atom. The molecule has 0 saturated carbocycles. The highest BCUT2D eigenvalue weighted by atomic mass is 19.4. The van der Waals surface area contributed by atoms with Gasteiger partial charge in [0.25, 0.3) is 0 Å². The van der Waals surface area contributed by atoms with E-state index in [1.54, 1.807) is 0 Å². The number of unbranched alkanes of at least 4 members (excludes halogenated alkanes) is 2. The number of hydrogen-bond acceptors (Lipinski definition) is 2. The minimum Gasteiger partial charge on any atom is -0.317 e. The number of hydrogen-bond donors (Lipinski definition) is 1. The lowest BCUT2D eigenvalue weighted by Gasteiger charge is -2.32. The summed E-state index contributed by atoms with van der Waals surface area (Å²) in [5.74, 6) is -1.07. The lowest BCUT2D eigenvalue weighted by atomic mass is 9.96. The standard InChI is InChI=1S/C13H25F3N2/c1-2-17-8-4-3-5-9-18-10-6-12(7-11-18)13(14,15)16/h12,17H,2-11H2,1H3. The zero-order chi connectivity index (χ0) is 13.4. The Morgan fingerprint density at radius 3 is 2.33 bits per heavy atom. The molecule has 1 N–H and O–H groups in total. The van der Waals surface area contributed by atoms with Crippen LogP contribution in [-0.4, -0.2) is 43.8 Å². The third-order valence-electron chi connectivity index (χ3n) is 3.63. The minimum absolute atomic E-state index is 0.279. The summed E-state index contributed by atoms with van der Waals surface area (Å²) in [6, 6.07) is 0. The second-order valence-electron chi connectivity index (χ2n) is 5.07. The molecule has 1 aliphatic heterocycles. The molecule has 0 radical (unpaired) electrons. The third kappa shape index (κ3) is 6.05. The normalized spacial score (nSPS) is 19.3. The van der Waals surface area contributed by atoms with E-state index < -0.39 is 12.1 Å². The van der Waals surface area contributed by atoms with Crippen LogP contribution in [0.1, 0.15) is 39.0 Å². The van der Waals surface area contributed by atoms with E-state index in [1.165, 1.54) is 0 Å². The van der Waals surface area contributed by atoms with Crippen molar-refractivity contribution >= 4 is 0 Å². The van der Waals surface area contributed by atoms with E-state index in [2.05, 4.69) is 17.1 Å². The molecule has 2 nitrogen and oxygen atoms in total. The number of nitrogens with one attached hydrogen (secondary N) is 1. The van der Waals surface area contributed by atoms with Gasteiger partial charge in [0.2, 0.25) is 0 Å². The number of alkyl halides is 3. The Balaban J connectivity index is 2.02. The fourth-order valence-corrected chi connectivity index (χ4v) is 2.42. The van der Waals surface area contributed by atoms with Crippen molar-refractivity contribution in [2.24, 2.45) is 5.92 Å². The summed E-state index contributed by atoms with van der Waals surface area (Å²) in [7, 11) is 0. The maximum atomic E-state index is 12.5. The average Bonchev–Trinajstić information content (AvgIpc) is 2.33. The molecule has 1 fully saturated rings. The van der Waals surface area contributed by atoms with Crippen molar-refractivity contribution < 1.29 is 13.2 Å². The van der Waals surface area contributed by atoms with E-state index in [0.29, 0.717) is 13.1 Å². The number of halogens is 3. The molecule has 0 atom stereocenters. The van der Waals surface area contributed by atoms with E-state index in [-0.39, 0.29) is 12.8 Å². The van der Waals surface area contributed by atoms with Gasteiger partial charge in [-0.05, 0) is 58.4 Å². The Morgan fingerprint density at radius 1 is 1.11 bits per heavy atom. The van der Waals surface area contributed by atoms with Crippen molar-refractivity contribution in [3.63, 3.8) is 0 Å². The number of nitrogens with zero attached hydrogens (tertiary/aromatic N) is 1. The molecule has 0 amide bonds. The molecule has 1 aliphatic rings. The highest BCUT2D eigenvalue weighted by Crippen LogP contribution is 2.34. The molecule has 108 valence electrons. The first-order chi connectivity index (χ1) is 8.54. The van der Waals surface area contributed by atoms with E-state index in [4.69, 9.17) is 0 Å². The zero-order valence-corrected chi connectivity index (χ0v) is 11.2. The first kappa shape index (κ1) is 15.8. The predicted molar refractivity (Wildman–Crippen MR) is 67.6 cm³/mol. The first-order valence-electron chi connectivity index (χ1n) is 7.04. The average molecular weight is 266 g/mol. The number of likely N-dealkylation sites (tertiary alicyclic amines) is 1. The molecule has 0 aromatic rings. The van der Waals surface area contributed by atoms with Crippen LogP contribution in [0.4, 0.5) is 13.2 Å². The van der Waals surface area contributed by atoms with E-state index in [9.17, 15) is 13.2 Å². The summed E-state index contributed by atoms with van der Waals surface area (Å²) in [5, 5.41) is 3.27. The summed E-state index contributed by atoms with van der Waals surface area (Å²) in [5.41, 5.74) is 0. The second-order valence-corrected chi connectivity index (χ2v) is 5.07. The first-order valence-corrected chi connectivity index (χ1v) is 7.04. The van der Waals surface area contributed by atoms with Gasteiger partial charge < -0.3 is 10.2 Å². The Kier molecular flexibility index (Phi) is 7.00. The Bertz CT molecular complexity index is 211. The molecule has 0 aromatic heterocycles. The SMILES string of the molecule is CCNCCCCCN1CCC(C(F)(F)F)CC1. The molecule has 0 aliphatic carbocycles. The summed E-state index contributed by atoms with van der Waals surface area (Å²) in [4.78, 5) is 2.18. The van der Waals surface area contributed by atoms with Gasteiger partial charge in [-0.1, -0.05) is 13.3 Å². The molecule has 0 spiro atoms. The van der Waals surface area contributed by atoms with Gasteiger partial charge in [-0.25, -0.2) is 0 Å². The van der Waals surface area contributed by atoms with Crippen molar-refractivity contribution in [3.8, 4) is 0 Å². The zero-order valence-electron chi connectivity index (χ0n) is 11.2. The summed E-state index contributed by atoms with van der Waals surface area (Å²) >= 11 is 0. The van der Waals surface area contributed by atoms with E-state index in [0.717, 1.165) is 38.9 Å². The minimum atomic E-state index is -3.99. The summed E-state index contributed by atoms with van der Waals surface area (Å²) in [6.07, 6.45) is -0.0131. The fraction of sp³-hybridized carbons (Fsp3) is 1.00. The van der Waals surface area contributed by atoms with E-state index in [1.807, 2.05) is 0 Å². The van der Waals surface area contributed by atoms with Crippen LogP contribution in [0.15, 0.2) is 0 Å². The Labute approximate surface area is 108 Å². The van der Waals surface area contributed by atoms with Gasteiger partial charge in [-0.2, -0.15) is 13.2 Å². The molecule has 0 aromatic carbocycles. The van der Waals surface area contributed by atoms with Crippen molar-refractivity contribution in [3.05, 3.63) is 0 Å². The fourth-order valence-electron chi connectivity index (χ4n) is 2.42. The summed E-state index contributed by atoms with van der Waals surface area (Å²) in [6.45, 7) is 6.31.